The van der Waals surface area contributed by atoms with E-state index in [1.165, 1.54) is 5.56 Å². The van der Waals surface area contributed by atoms with E-state index >= 15 is 0 Å². The van der Waals surface area contributed by atoms with Crippen molar-refractivity contribution in [2.24, 2.45) is 5.92 Å². The Hall–Kier alpha value is -1.81. The van der Waals surface area contributed by atoms with E-state index < -0.39 is 0 Å². The van der Waals surface area contributed by atoms with E-state index in [2.05, 4.69) is 17.2 Å². The number of aliphatic hydroxyl groups excluding tert-OH is 1. The lowest BCUT2D eigenvalue weighted by Crippen LogP contribution is -2.37. The third-order valence-corrected chi connectivity index (χ3v) is 4.54. The predicted octanol–water partition coefficient (Wildman–Crippen LogP) is 2.68. The molecule has 0 bridgehead atoms. The smallest absolute Gasteiger partial charge is 0.253 e. The lowest BCUT2D eigenvalue weighted by Gasteiger charge is -2.17. The van der Waals surface area contributed by atoms with Gasteiger partial charge in [-0.3, -0.25) is 4.79 Å². The summed E-state index contributed by atoms with van der Waals surface area (Å²) < 4.78 is 0. The number of nitrogens with one attached hydrogen (secondary N) is 2. The number of rotatable bonds is 5. The van der Waals surface area contributed by atoms with E-state index in [1.807, 2.05) is 25.1 Å². The van der Waals surface area contributed by atoms with E-state index in [9.17, 15) is 4.79 Å². The zero-order valence-corrected chi connectivity index (χ0v) is 12.6. The molecule has 4 heteroatoms. The number of hydrogen-bond acceptors (Lipinski definition) is 2. The van der Waals surface area contributed by atoms with Crippen LogP contribution in [0.2, 0.25) is 0 Å². The van der Waals surface area contributed by atoms with Gasteiger partial charge in [0.15, 0.2) is 0 Å². The highest BCUT2D eigenvalue weighted by Gasteiger charge is 2.32. The van der Waals surface area contributed by atoms with Gasteiger partial charge in [-0.1, -0.05) is 12.1 Å². The van der Waals surface area contributed by atoms with Crippen LogP contribution in [0, 0.1) is 19.8 Å². The minimum Gasteiger partial charge on any atom is -0.396 e. The molecule has 1 aromatic carbocycles. The number of amides is 1. The second-order valence-corrected chi connectivity index (χ2v) is 6.03. The first-order valence-corrected chi connectivity index (χ1v) is 7.61. The van der Waals surface area contributed by atoms with Gasteiger partial charge in [-0.25, -0.2) is 0 Å². The summed E-state index contributed by atoms with van der Waals surface area (Å²) in [6.07, 6.45) is 2.93. The number of H-pyrrole nitrogens is 1. The number of aryl methyl sites for hydroxylation is 2. The van der Waals surface area contributed by atoms with Gasteiger partial charge in [0.2, 0.25) is 0 Å². The molecule has 0 saturated heterocycles. The molecule has 112 valence electrons. The molecule has 1 atom stereocenters. The van der Waals surface area contributed by atoms with Crippen molar-refractivity contribution in [3.05, 3.63) is 35.0 Å². The Bertz CT molecular complexity index is 671. The van der Waals surface area contributed by atoms with Crippen molar-refractivity contribution in [3.8, 4) is 0 Å². The Labute approximate surface area is 124 Å². The highest BCUT2D eigenvalue weighted by Crippen LogP contribution is 2.34. The summed E-state index contributed by atoms with van der Waals surface area (Å²) in [5.74, 6) is 0.486. The highest BCUT2D eigenvalue weighted by atomic mass is 16.3. The SMILES string of the molecule is Cc1[nH]c2c(C(=O)NC(CCO)C3CC3)cccc2c1C. The van der Waals surface area contributed by atoms with E-state index in [-0.39, 0.29) is 18.6 Å². The van der Waals surface area contributed by atoms with Crippen molar-refractivity contribution in [3.63, 3.8) is 0 Å². The first-order chi connectivity index (χ1) is 10.1. The van der Waals surface area contributed by atoms with Gasteiger partial charge in [0, 0.05) is 23.7 Å². The van der Waals surface area contributed by atoms with Gasteiger partial charge in [0.05, 0.1) is 11.1 Å². The van der Waals surface area contributed by atoms with Crippen LogP contribution in [0.3, 0.4) is 0 Å². The van der Waals surface area contributed by atoms with Gasteiger partial charge in [-0.15, -0.1) is 0 Å². The Kier molecular flexibility index (Phi) is 3.72. The molecule has 2 aromatic rings. The fourth-order valence-electron chi connectivity index (χ4n) is 2.98. The van der Waals surface area contributed by atoms with E-state index in [0.29, 0.717) is 17.9 Å². The molecule has 0 aliphatic heterocycles. The summed E-state index contributed by atoms with van der Waals surface area (Å²) in [5, 5.41) is 13.4. The minimum absolute atomic E-state index is 0.0489. The first kappa shape index (κ1) is 14.1. The molecule has 3 rings (SSSR count). The largest absolute Gasteiger partial charge is 0.396 e. The first-order valence-electron chi connectivity index (χ1n) is 7.61. The summed E-state index contributed by atoms with van der Waals surface area (Å²) in [6.45, 7) is 4.21. The molecule has 1 heterocycles. The van der Waals surface area contributed by atoms with Crippen LogP contribution in [0.4, 0.5) is 0 Å². The van der Waals surface area contributed by atoms with Crippen LogP contribution >= 0.6 is 0 Å². The van der Waals surface area contributed by atoms with Crippen LogP contribution in [0.1, 0.15) is 40.9 Å². The summed E-state index contributed by atoms with van der Waals surface area (Å²) in [6, 6.07) is 5.91. The summed E-state index contributed by atoms with van der Waals surface area (Å²) >= 11 is 0. The van der Waals surface area contributed by atoms with Crippen molar-refractivity contribution >= 4 is 16.8 Å². The van der Waals surface area contributed by atoms with Gasteiger partial charge in [0.25, 0.3) is 5.91 Å². The molecule has 21 heavy (non-hydrogen) atoms. The molecule has 1 aliphatic rings. The number of carbonyl (C=O) groups is 1. The maximum absolute atomic E-state index is 12.6. The number of fused-ring (bicyclic) bond motifs is 1. The van der Waals surface area contributed by atoms with Crippen LogP contribution in [-0.2, 0) is 0 Å². The molecule has 1 amide bonds. The van der Waals surface area contributed by atoms with Crippen molar-refractivity contribution in [1.82, 2.24) is 10.3 Å². The second-order valence-electron chi connectivity index (χ2n) is 6.03. The molecule has 4 nitrogen and oxygen atoms in total. The van der Waals surface area contributed by atoms with Crippen LogP contribution in [0.25, 0.3) is 10.9 Å². The van der Waals surface area contributed by atoms with Crippen LogP contribution in [0.5, 0.6) is 0 Å². The Morgan fingerprint density at radius 1 is 1.43 bits per heavy atom. The topological polar surface area (TPSA) is 65.1 Å². The lowest BCUT2D eigenvalue weighted by atomic mass is 10.1. The zero-order chi connectivity index (χ0) is 15.0. The number of hydrogen-bond donors (Lipinski definition) is 3. The molecule has 1 saturated carbocycles. The van der Waals surface area contributed by atoms with Crippen molar-refractivity contribution < 1.29 is 9.90 Å². The minimum atomic E-state index is -0.0489. The quantitative estimate of drug-likeness (QED) is 0.791. The average molecular weight is 286 g/mol. The van der Waals surface area contributed by atoms with Gasteiger partial charge in [0.1, 0.15) is 0 Å². The normalized spacial score (nSPS) is 16.1. The summed E-state index contributed by atoms with van der Waals surface area (Å²) in [5.41, 5.74) is 3.88. The fraction of sp³-hybridized carbons (Fsp3) is 0.471. The van der Waals surface area contributed by atoms with E-state index in [0.717, 1.165) is 29.4 Å². The second kappa shape index (κ2) is 5.53. The van der Waals surface area contributed by atoms with Crippen LogP contribution < -0.4 is 5.32 Å². The summed E-state index contributed by atoms with van der Waals surface area (Å²) in [7, 11) is 0. The molecule has 1 unspecified atom stereocenters. The molecule has 1 fully saturated rings. The van der Waals surface area contributed by atoms with Gasteiger partial charge in [-0.2, -0.15) is 0 Å². The maximum Gasteiger partial charge on any atom is 0.253 e. The van der Waals surface area contributed by atoms with E-state index in [4.69, 9.17) is 5.11 Å². The third-order valence-electron chi connectivity index (χ3n) is 4.54. The number of aromatic nitrogens is 1. The Balaban J connectivity index is 1.89. The number of aromatic amines is 1. The third kappa shape index (κ3) is 2.68. The fourth-order valence-corrected chi connectivity index (χ4v) is 2.98. The van der Waals surface area contributed by atoms with E-state index in [1.54, 1.807) is 0 Å². The van der Waals surface area contributed by atoms with Crippen molar-refractivity contribution in [2.75, 3.05) is 6.61 Å². The Morgan fingerprint density at radius 3 is 2.86 bits per heavy atom. The molecular formula is C17H22N2O2. The molecule has 1 aliphatic carbocycles. The zero-order valence-electron chi connectivity index (χ0n) is 12.6. The predicted molar refractivity (Wildman–Crippen MR) is 83.5 cm³/mol. The molecule has 1 aromatic heterocycles. The van der Waals surface area contributed by atoms with Crippen LogP contribution in [-0.4, -0.2) is 28.6 Å². The molecule has 0 spiro atoms. The molecular weight excluding hydrogens is 264 g/mol. The summed E-state index contributed by atoms with van der Waals surface area (Å²) in [4.78, 5) is 15.9. The van der Waals surface area contributed by atoms with Crippen molar-refractivity contribution in [2.45, 2.75) is 39.2 Å². The van der Waals surface area contributed by atoms with Crippen LogP contribution in [0.15, 0.2) is 18.2 Å². The average Bonchev–Trinajstić information content (AvgIpc) is 3.26. The molecule has 0 radical (unpaired) electrons. The number of benzene rings is 1. The number of aliphatic hydroxyl groups is 1. The monoisotopic (exact) mass is 286 g/mol. The number of para-hydroxylation sites is 1. The maximum atomic E-state index is 12.6. The number of carbonyl (C=O) groups excluding carboxylic acids is 1. The van der Waals surface area contributed by atoms with Gasteiger partial charge < -0.3 is 15.4 Å². The lowest BCUT2D eigenvalue weighted by molar-refractivity contribution is 0.0926. The highest BCUT2D eigenvalue weighted by molar-refractivity contribution is 6.06. The van der Waals surface area contributed by atoms with Gasteiger partial charge in [-0.05, 0) is 50.7 Å². The molecule has 3 N–H and O–H groups in total. The standard InChI is InChI=1S/C17H22N2O2/c1-10-11(2)18-16-13(10)4-3-5-14(16)17(21)19-15(8-9-20)12-6-7-12/h3-5,12,15,18,20H,6-9H2,1-2H3,(H,19,21). The van der Waals surface area contributed by atoms with Gasteiger partial charge >= 0.3 is 0 Å². The van der Waals surface area contributed by atoms with Crippen molar-refractivity contribution in [1.29, 1.82) is 0 Å². The Morgan fingerprint density at radius 2 is 2.19 bits per heavy atom.